The van der Waals surface area contributed by atoms with Crippen LogP contribution in [-0.2, 0) is 6.42 Å². The Morgan fingerprint density at radius 1 is 1.00 bits per heavy atom. The smallest absolute Gasteiger partial charge is 0.322 e. The molecule has 0 saturated heterocycles. The van der Waals surface area contributed by atoms with Crippen molar-refractivity contribution in [2.45, 2.75) is 19.4 Å². The van der Waals surface area contributed by atoms with Gasteiger partial charge in [-0.05, 0) is 84.5 Å². The topological polar surface area (TPSA) is 83.7 Å². The number of fused-ring (bicyclic) bond motifs is 2. The maximum Gasteiger partial charge on any atom is 0.322 e. The molecule has 0 radical (unpaired) electrons. The van der Waals surface area contributed by atoms with Crippen LogP contribution in [0.3, 0.4) is 0 Å². The number of anilines is 1. The molecule has 2 heterocycles. The van der Waals surface area contributed by atoms with Crippen LogP contribution in [-0.4, -0.2) is 36.7 Å². The van der Waals surface area contributed by atoms with Crippen LogP contribution in [0.15, 0.2) is 65.5 Å². The predicted molar refractivity (Wildman–Crippen MR) is 142 cm³/mol. The molecular weight excluding hydrogens is 478 g/mol. The number of nitrogens with zero attached hydrogens (tertiary/aromatic N) is 1. The minimum atomic E-state index is -0.630. The van der Waals surface area contributed by atoms with Crippen molar-refractivity contribution in [3.8, 4) is 11.5 Å². The molecule has 0 unspecified atom stereocenters. The van der Waals surface area contributed by atoms with Crippen LogP contribution >= 0.6 is 11.6 Å². The molecule has 8 heteroatoms. The summed E-state index contributed by atoms with van der Waals surface area (Å²) >= 11 is 6.00. The zero-order valence-electron chi connectivity index (χ0n) is 20.2. The molecule has 0 spiro atoms. The first kappa shape index (κ1) is 23.8. The van der Waals surface area contributed by atoms with Crippen LogP contribution in [0.5, 0.6) is 11.5 Å². The van der Waals surface area contributed by atoms with Crippen molar-refractivity contribution < 1.29 is 14.3 Å². The van der Waals surface area contributed by atoms with Crippen molar-refractivity contribution in [2.24, 2.45) is 0 Å². The highest BCUT2D eigenvalue weighted by Crippen LogP contribution is 2.41. The zero-order chi connectivity index (χ0) is 25.4. The molecule has 0 fully saturated rings. The number of halogens is 1. The number of aryl methyl sites for hydroxylation is 1. The van der Waals surface area contributed by atoms with Gasteiger partial charge in [0.25, 0.3) is 5.56 Å². The first-order valence-electron chi connectivity index (χ1n) is 11.6. The number of nitrogens with one attached hydrogen (secondary N) is 2. The van der Waals surface area contributed by atoms with Crippen molar-refractivity contribution >= 4 is 34.2 Å². The standard InChI is InChI=1S/C28H26ClN3O4/c1-16-4-9-23-18(12-16)13-22(27(33)31-23)26-21-15-25(36-3)24(35-2)14-17(21)10-11-32(26)28(34)30-20-7-5-19(29)6-8-20/h4-9,12-15,26H,10-11H2,1-3H3,(H,30,34)(H,31,33)/t26-/m1/s1. The molecule has 1 aliphatic rings. The fourth-order valence-corrected chi connectivity index (χ4v) is 4.90. The number of urea groups is 1. The number of ether oxygens (including phenoxy) is 2. The van der Waals surface area contributed by atoms with Crippen LogP contribution in [0.4, 0.5) is 10.5 Å². The van der Waals surface area contributed by atoms with Gasteiger partial charge in [-0.3, -0.25) is 4.79 Å². The Hall–Kier alpha value is -3.97. The van der Waals surface area contributed by atoms with E-state index in [0.29, 0.717) is 40.7 Å². The molecule has 0 saturated carbocycles. The van der Waals surface area contributed by atoms with Crippen LogP contribution in [0.25, 0.3) is 10.9 Å². The molecule has 2 N–H and O–H groups in total. The Morgan fingerprint density at radius 2 is 1.72 bits per heavy atom. The summed E-state index contributed by atoms with van der Waals surface area (Å²) in [7, 11) is 3.16. The van der Waals surface area contributed by atoms with Crippen molar-refractivity contribution in [3.05, 3.63) is 98.3 Å². The molecule has 0 bridgehead atoms. The van der Waals surface area contributed by atoms with Crippen LogP contribution < -0.4 is 20.3 Å². The number of carbonyl (C=O) groups is 1. The Kier molecular flexibility index (Phi) is 6.33. The lowest BCUT2D eigenvalue weighted by Gasteiger charge is -2.37. The van der Waals surface area contributed by atoms with Gasteiger partial charge in [-0.2, -0.15) is 0 Å². The molecule has 4 aromatic rings. The van der Waals surface area contributed by atoms with Crippen LogP contribution in [0, 0.1) is 6.92 Å². The van der Waals surface area contributed by atoms with Crippen molar-refractivity contribution in [2.75, 3.05) is 26.1 Å². The third-order valence-corrected chi connectivity index (χ3v) is 6.81. The molecule has 1 aliphatic heterocycles. The summed E-state index contributed by atoms with van der Waals surface area (Å²) in [6, 6.07) is 17.5. The monoisotopic (exact) mass is 503 g/mol. The van der Waals surface area contributed by atoms with E-state index in [9.17, 15) is 9.59 Å². The second-order valence-corrected chi connectivity index (χ2v) is 9.27. The Labute approximate surface area is 213 Å². The number of hydrogen-bond acceptors (Lipinski definition) is 4. The molecule has 184 valence electrons. The van der Waals surface area contributed by atoms with E-state index in [2.05, 4.69) is 10.3 Å². The Bertz CT molecular complexity index is 1510. The van der Waals surface area contributed by atoms with E-state index >= 15 is 0 Å². The molecule has 36 heavy (non-hydrogen) atoms. The molecule has 7 nitrogen and oxygen atoms in total. The number of benzene rings is 3. The van der Waals surface area contributed by atoms with E-state index < -0.39 is 6.04 Å². The largest absolute Gasteiger partial charge is 0.493 e. The van der Waals surface area contributed by atoms with E-state index in [4.69, 9.17) is 21.1 Å². The summed E-state index contributed by atoms with van der Waals surface area (Å²) < 4.78 is 11.1. The second kappa shape index (κ2) is 9.59. The van der Waals surface area contributed by atoms with Gasteiger partial charge in [-0.15, -0.1) is 0 Å². The van der Waals surface area contributed by atoms with Gasteiger partial charge < -0.3 is 24.7 Å². The number of rotatable bonds is 4. The van der Waals surface area contributed by atoms with E-state index in [1.807, 2.05) is 43.3 Å². The quantitative estimate of drug-likeness (QED) is 0.375. The van der Waals surface area contributed by atoms with Crippen LogP contribution in [0.2, 0.25) is 5.02 Å². The lowest BCUT2D eigenvalue weighted by atomic mass is 9.87. The number of aromatic nitrogens is 1. The average Bonchev–Trinajstić information content (AvgIpc) is 2.88. The minimum Gasteiger partial charge on any atom is -0.493 e. The normalized spacial score (nSPS) is 14.9. The molecule has 3 aromatic carbocycles. The maximum absolute atomic E-state index is 13.6. The highest BCUT2D eigenvalue weighted by molar-refractivity contribution is 6.30. The fourth-order valence-electron chi connectivity index (χ4n) is 4.77. The number of aromatic amines is 1. The number of methoxy groups -OCH3 is 2. The second-order valence-electron chi connectivity index (χ2n) is 8.83. The van der Waals surface area contributed by atoms with E-state index in [-0.39, 0.29) is 11.6 Å². The first-order chi connectivity index (χ1) is 17.4. The van der Waals surface area contributed by atoms with Crippen molar-refractivity contribution in [3.63, 3.8) is 0 Å². The Balaban J connectivity index is 1.66. The predicted octanol–water partition coefficient (Wildman–Crippen LogP) is 5.69. The number of amides is 2. The SMILES string of the molecule is COc1cc2c(cc1OC)[C@H](c1cc3cc(C)ccc3[nH]c1=O)N(C(=O)Nc1ccc(Cl)cc1)CC2. The lowest BCUT2D eigenvalue weighted by molar-refractivity contribution is 0.193. The van der Waals surface area contributed by atoms with Gasteiger partial charge in [0.2, 0.25) is 0 Å². The van der Waals surface area contributed by atoms with Gasteiger partial charge in [-0.1, -0.05) is 23.2 Å². The number of carbonyl (C=O) groups excluding carboxylic acids is 1. The molecule has 5 rings (SSSR count). The number of H-pyrrole nitrogens is 1. The molecule has 1 atom stereocenters. The van der Waals surface area contributed by atoms with Crippen molar-refractivity contribution in [1.82, 2.24) is 9.88 Å². The third-order valence-electron chi connectivity index (χ3n) is 6.55. The highest BCUT2D eigenvalue weighted by Gasteiger charge is 2.35. The third kappa shape index (κ3) is 4.38. The average molecular weight is 504 g/mol. The Morgan fingerprint density at radius 3 is 2.44 bits per heavy atom. The molecule has 2 amide bonds. The summed E-state index contributed by atoms with van der Waals surface area (Å²) in [5, 5.41) is 4.43. The summed E-state index contributed by atoms with van der Waals surface area (Å²) in [5.41, 5.74) is 4.49. The van der Waals surface area contributed by atoms with E-state index in [0.717, 1.165) is 27.6 Å². The maximum atomic E-state index is 13.6. The van der Waals surface area contributed by atoms with E-state index in [1.54, 1.807) is 43.4 Å². The molecule has 0 aliphatic carbocycles. The van der Waals surface area contributed by atoms with Crippen molar-refractivity contribution in [1.29, 1.82) is 0 Å². The van der Waals surface area contributed by atoms with Crippen LogP contribution in [0.1, 0.15) is 28.3 Å². The minimum absolute atomic E-state index is 0.247. The molecule has 1 aromatic heterocycles. The van der Waals surface area contributed by atoms with Gasteiger partial charge in [-0.25, -0.2) is 4.79 Å². The first-order valence-corrected chi connectivity index (χ1v) is 12.0. The molecular formula is C28H26ClN3O4. The summed E-state index contributed by atoms with van der Waals surface area (Å²) in [6.07, 6.45) is 0.602. The summed E-state index contributed by atoms with van der Waals surface area (Å²) in [6.45, 7) is 2.42. The van der Waals surface area contributed by atoms with Gasteiger partial charge in [0, 0.05) is 28.3 Å². The zero-order valence-corrected chi connectivity index (χ0v) is 21.0. The van der Waals surface area contributed by atoms with Gasteiger partial charge in [0.05, 0.1) is 20.3 Å². The fraction of sp³-hybridized carbons (Fsp3) is 0.214. The lowest BCUT2D eigenvalue weighted by Crippen LogP contribution is -2.44. The van der Waals surface area contributed by atoms with Gasteiger partial charge in [0.1, 0.15) is 0 Å². The van der Waals surface area contributed by atoms with Gasteiger partial charge in [0.15, 0.2) is 11.5 Å². The van der Waals surface area contributed by atoms with Gasteiger partial charge >= 0.3 is 6.03 Å². The number of pyridine rings is 1. The summed E-state index contributed by atoms with van der Waals surface area (Å²) in [4.78, 5) is 31.6. The summed E-state index contributed by atoms with van der Waals surface area (Å²) in [5.74, 6) is 1.14. The number of hydrogen-bond donors (Lipinski definition) is 2. The highest BCUT2D eigenvalue weighted by atomic mass is 35.5. The van der Waals surface area contributed by atoms with E-state index in [1.165, 1.54) is 0 Å².